The molecule has 8 heteroatoms. The minimum absolute atomic E-state index is 0.0621. The molecule has 0 unspecified atom stereocenters. The maximum Gasteiger partial charge on any atom is 0.340 e. The zero-order valence-electron chi connectivity index (χ0n) is 14.9. The van der Waals surface area contributed by atoms with Gasteiger partial charge in [0.1, 0.15) is 11.6 Å². The second-order valence-corrected chi connectivity index (χ2v) is 6.14. The standard InChI is InChI=1S/C19H18FN3O4/c1-21(11-13-3-5-14(20)6-4-13)12-22-17(24)18(25)23(19(22)26)15-7-9-16(27-2)10-8-15/h3-10H,11-12H2,1-2H3. The smallest absolute Gasteiger partial charge is 0.340 e. The molecule has 2 aromatic carbocycles. The second kappa shape index (κ2) is 7.55. The maximum atomic E-state index is 13.0. The monoisotopic (exact) mass is 371 g/mol. The number of methoxy groups -OCH3 is 1. The Morgan fingerprint density at radius 1 is 0.963 bits per heavy atom. The Balaban J connectivity index is 1.72. The van der Waals surface area contributed by atoms with Crippen LogP contribution in [0.25, 0.3) is 0 Å². The number of hydrogen-bond donors (Lipinski definition) is 0. The molecule has 140 valence electrons. The van der Waals surface area contributed by atoms with Crippen LogP contribution in [-0.2, 0) is 16.1 Å². The molecule has 2 aromatic rings. The van der Waals surface area contributed by atoms with Crippen molar-refractivity contribution in [1.29, 1.82) is 0 Å². The molecule has 1 aliphatic heterocycles. The van der Waals surface area contributed by atoms with Gasteiger partial charge in [-0.2, -0.15) is 0 Å². The minimum Gasteiger partial charge on any atom is -0.497 e. The molecule has 1 saturated heterocycles. The molecular formula is C19H18FN3O4. The Morgan fingerprint density at radius 3 is 2.19 bits per heavy atom. The normalized spacial score (nSPS) is 14.4. The van der Waals surface area contributed by atoms with Gasteiger partial charge in [-0.25, -0.2) is 19.0 Å². The van der Waals surface area contributed by atoms with E-state index in [1.165, 1.54) is 31.4 Å². The summed E-state index contributed by atoms with van der Waals surface area (Å²) < 4.78 is 18.0. The third kappa shape index (κ3) is 3.80. The fourth-order valence-corrected chi connectivity index (χ4v) is 2.78. The first-order chi connectivity index (χ1) is 12.9. The lowest BCUT2D eigenvalue weighted by Gasteiger charge is -2.22. The Labute approximate surface area is 155 Å². The molecule has 0 N–H and O–H groups in total. The lowest BCUT2D eigenvalue weighted by Crippen LogP contribution is -2.40. The molecule has 27 heavy (non-hydrogen) atoms. The number of carbonyl (C=O) groups is 3. The lowest BCUT2D eigenvalue weighted by molar-refractivity contribution is -0.140. The largest absolute Gasteiger partial charge is 0.497 e. The molecule has 1 fully saturated rings. The van der Waals surface area contributed by atoms with Crippen molar-refractivity contribution in [3.05, 3.63) is 59.9 Å². The highest BCUT2D eigenvalue weighted by molar-refractivity contribution is 6.52. The zero-order chi connectivity index (χ0) is 19.6. The summed E-state index contributed by atoms with van der Waals surface area (Å²) in [5, 5.41) is 0. The fourth-order valence-electron chi connectivity index (χ4n) is 2.78. The van der Waals surface area contributed by atoms with Gasteiger partial charge in [-0.1, -0.05) is 12.1 Å². The number of amides is 4. The van der Waals surface area contributed by atoms with Crippen molar-refractivity contribution < 1.29 is 23.5 Å². The third-order valence-corrected chi connectivity index (χ3v) is 4.13. The summed E-state index contributed by atoms with van der Waals surface area (Å²) >= 11 is 0. The molecule has 0 spiro atoms. The van der Waals surface area contributed by atoms with E-state index in [9.17, 15) is 18.8 Å². The SMILES string of the molecule is COc1ccc(N2C(=O)C(=O)N(CN(C)Cc3ccc(F)cc3)C2=O)cc1. The average molecular weight is 371 g/mol. The van der Waals surface area contributed by atoms with Crippen molar-refractivity contribution in [3.8, 4) is 5.75 Å². The van der Waals surface area contributed by atoms with Gasteiger partial charge in [-0.3, -0.25) is 14.5 Å². The quantitative estimate of drug-likeness (QED) is 0.575. The number of hydrogen-bond acceptors (Lipinski definition) is 5. The van der Waals surface area contributed by atoms with Crippen molar-refractivity contribution in [2.24, 2.45) is 0 Å². The van der Waals surface area contributed by atoms with Crippen LogP contribution in [0.15, 0.2) is 48.5 Å². The van der Waals surface area contributed by atoms with E-state index in [0.29, 0.717) is 18.0 Å². The average Bonchev–Trinajstić information content (AvgIpc) is 2.87. The molecule has 0 aliphatic carbocycles. The van der Waals surface area contributed by atoms with Crippen LogP contribution in [0.5, 0.6) is 5.75 Å². The Hall–Kier alpha value is -3.26. The number of ether oxygens (including phenoxy) is 1. The highest BCUT2D eigenvalue weighted by Crippen LogP contribution is 2.24. The van der Waals surface area contributed by atoms with Crippen LogP contribution in [0.4, 0.5) is 14.9 Å². The van der Waals surface area contributed by atoms with E-state index in [0.717, 1.165) is 15.4 Å². The topological polar surface area (TPSA) is 70.2 Å². The fraction of sp³-hybridized carbons (Fsp3) is 0.211. The van der Waals surface area contributed by atoms with Crippen LogP contribution in [0.2, 0.25) is 0 Å². The van der Waals surface area contributed by atoms with Crippen LogP contribution >= 0.6 is 0 Å². The van der Waals surface area contributed by atoms with Gasteiger partial charge in [-0.05, 0) is 49.0 Å². The van der Waals surface area contributed by atoms with Gasteiger partial charge < -0.3 is 4.74 Å². The van der Waals surface area contributed by atoms with E-state index in [4.69, 9.17) is 4.74 Å². The van der Waals surface area contributed by atoms with E-state index in [-0.39, 0.29) is 12.5 Å². The molecule has 0 atom stereocenters. The van der Waals surface area contributed by atoms with Gasteiger partial charge in [-0.15, -0.1) is 0 Å². The van der Waals surface area contributed by atoms with Gasteiger partial charge in [0.15, 0.2) is 0 Å². The van der Waals surface area contributed by atoms with E-state index in [2.05, 4.69) is 0 Å². The molecule has 3 rings (SSSR count). The summed E-state index contributed by atoms with van der Waals surface area (Å²) in [6, 6.07) is 11.5. The molecule has 0 saturated carbocycles. The van der Waals surface area contributed by atoms with Gasteiger partial charge in [0.25, 0.3) is 0 Å². The van der Waals surface area contributed by atoms with E-state index >= 15 is 0 Å². The van der Waals surface area contributed by atoms with E-state index < -0.39 is 17.8 Å². The number of carbonyl (C=O) groups excluding carboxylic acids is 3. The Morgan fingerprint density at radius 2 is 1.59 bits per heavy atom. The van der Waals surface area contributed by atoms with Crippen LogP contribution in [0.1, 0.15) is 5.56 Å². The highest BCUT2D eigenvalue weighted by Gasteiger charge is 2.45. The maximum absolute atomic E-state index is 13.0. The van der Waals surface area contributed by atoms with Crippen LogP contribution in [0.3, 0.4) is 0 Å². The van der Waals surface area contributed by atoms with Crippen LogP contribution in [-0.4, -0.2) is 48.5 Å². The second-order valence-electron chi connectivity index (χ2n) is 6.14. The summed E-state index contributed by atoms with van der Waals surface area (Å²) in [6.07, 6.45) is 0. The van der Waals surface area contributed by atoms with Crippen molar-refractivity contribution in [2.75, 3.05) is 25.7 Å². The molecule has 0 aromatic heterocycles. The number of nitrogens with zero attached hydrogens (tertiary/aromatic N) is 3. The first-order valence-electron chi connectivity index (χ1n) is 8.17. The van der Waals surface area contributed by atoms with Crippen molar-refractivity contribution in [3.63, 3.8) is 0 Å². The molecule has 0 radical (unpaired) electrons. The van der Waals surface area contributed by atoms with Crippen LogP contribution in [0, 0.1) is 5.82 Å². The third-order valence-electron chi connectivity index (χ3n) is 4.13. The first-order valence-corrected chi connectivity index (χ1v) is 8.17. The summed E-state index contributed by atoms with van der Waals surface area (Å²) in [7, 11) is 3.20. The predicted molar refractivity (Wildman–Crippen MR) is 95.5 cm³/mol. The number of imide groups is 2. The number of halogens is 1. The summed E-state index contributed by atoms with van der Waals surface area (Å²) in [5.74, 6) is -1.56. The molecule has 1 heterocycles. The molecule has 0 bridgehead atoms. The summed E-state index contributed by atoms with van der Waals surface area (Å²) in [5.41, 5.74) is 1.11. The predicted octanol–water partition coefficient (Wildman–Crippen LogP) is 2.22. The highest BCUT2D eigenvalue weighted by atomic mass is 19.1. The van der Waals surface area contributed by atoms with E-state index in [1.54, 1.807) is 36.2 Å². The van der Waals surface area contributed by atoms with E-state index in [1.807, 2.05) is 0 Å². The van der Waals surface area contributed by atoms with Crippen molar-refractivity contribution >= 4 is 23.5 Å². The van der Waals surface area contributed by atoms with Crippen molar-refractivity contribution in [2.45, 2.75) is 6.54 Å². The summed E-state index contributed by atoms with van der Waals surface area (Å²) in [4.78, 5) is 40.6. The molecule has 7 nitrogen and oxygen atoms in total. The molecule has 4 amide bonds. The van der Waals surface area contributed by atoms with Crippen LogP contribution < -0.4 is 9.64 Å². The Kier molecular flexibility index (Phi) is 5.18. The van der Waals surface area contributed by atoms with Gasteiger partial charge in [0, 0.05) is 6.54 Å². The Bertz CT molecular complexity index is 868. The zero-order valence-corrected chi connectivity index (χ0v) is 14.9. The number of anilines is 1. The molecular weight excluding hydrogens is 353 g/mol. The number of urea groups is 1. The minimum atomic E-state index is -0.902. The molecule has 1 aliphatic rings. The number of rotatable bonds is 6. The summed E-state index contributed by atoms with van der Waals surface area (Å²) in [6.45, 7) is 0.321. The van der Waals surface area contributed by atoms with Gasteiger partial charge in [0.2, 0.25) is 0 Å². The van der Waals surface area contributed by atoms with Gasteiger partial charge in [0.05, 0.1) is 19.5 Å². The van der Waals surface area contributed by atoms with Gasteiger partial charge >= 0.3 is 17.8 Å². The van der Waals surface area contributed by atoms with Crippen molar-refractivity contribution in [1.82, 2.24) is 9.80 Å². The number of benzene rings is 2. The first kappa shape index (κ1) is 18.5. The lowest BCUT2D eigenvalue weighted by atomic mass is 10.2.